The summed E-state index contributed by atoms with van der Waals surface area (Å²) in [6, 6.07) is 4.55. The minimum atomic E-state index is -1.06. The first-order valence-corrected chi connectivity index (χ1v) is 9.08. The molecule has 0 unspecified atom stereocenters. The first-order valence-electron chi connectivity index (χ1n) is 8.71. The molecule has 2 aliphatic rings. The molecule has 3 rings (SSSR count). The summed E-state index contributed by atoms with van der Waals surface area (Å²) >= 11 is 6.13. The highest BCUT2D eigenvalue weighted by Crippen LogP contribution is 2.44. The van der Waals surface area contributed by atoms with E-state index in [2.05, 4.69) is 11.8 Å². The second kappa shape index (κ2) is 7.13. The molecule has 0 radical (unpaired) electrons. The summed E-state index contributed by atoms with van der Waals surface area (Å²) in [4.78, 5) is 10.8. The molecule has 2 saturated carbocycles. The average molecular weight is 348 g/mol. The molecule has 0 atom stereocenters. The summed E-state index contributed by atoms with van der Waals surface area (Å²) in [5, 5.41) is 22.9. The van der Waals surface area contributed by atoms with Gasteiger partial charge in [0.2, 0.25) is 0 Å². The zero-order valence-electron chi connectivity index (χ0n) is 13.6. The van der Waals surface area contributed by atoms with Gasteiger partial charge in [0.1, 0.15) is 11.2 Å². The highest BCUT2D eigenvalue weighted by molar-refractivity contribution is 6.32. The first kappa shape index (κ1) is 17.3. The Morgan fingerprint density at radius 1 is 1.12 bits per heavy atom. The van der Waals surface area contributed by atoms with E-state index in [4.69, 9.17) is 11.6 Å². The molecule has 128 valence electrons. The smallest absolute Gasteiger partial charge is 0.286 e. The van der Waals surface area contributed by atoms with E-state index in [-0.39, 0.29) is 28.1 Å². The van der Waals surface area contributed by atoms with Crippen LogP contribution in [0.1, 0.15) is 56.9 Å². The maximum atomic E-state index is 11.4. The fraction of sp³-hybridized carbons (Fsp3) is 0.579. The second-order valence-corrected chi connectivity index (χ2v) is 7.34. The number of benzene rings is 1. The van der Waals surface area contributed by atoms with E-state index in [0.717, 1.165) is 51.4 Å². The van der Waals surface area contributed by atoms with Crippen LogP contribution in [0.5, 0.6) is 0 Å². The lowest BCUT2D eigenvalue weighted by Crippen LogP contribution is -2.42. The van der Waals surface area contributed by atoms with Gasteiger partial charge in [-0.3, -0.25) is 10.1 Å². The molecule has 0 amide bonds. The monoisotopic (exact) mass is 347 g/mol. The standard InChI is InChI=1S/C19H22ClNO3/c20-17-10-5-11-18(21(23)24)16(17)12-13-19(22,14-6-1-2-7-14)15-8-3-4-9-15/h5,10-11,14-15,22H,1-4,6-9H2. The molecule has 24 heavy (non-hydrogen) atoms. The van der Waals surface area contributed by atoms with Gasteiger partial charge in [-0.05, 0) is 43.6 Å². The third-order valence-electron chi connectivity index (χ3n) is 5.53. The van der Waals surface area contributed by atoms with Crippen LogP contribution in [0.4, 0.5) is 5.69 Å². The molecule has 1 N–H and O–H groups in total. The van der Waals surface area contributed by atoms with Gasteiger partial charge in [-0.2, -0.15) is 0 Å². The van der Waals surface area contributed by atoms with Gasteiger partial charge >= 0.3 is 0 Å². The summed E-state index contributed by atoms with van der Waals surface area (Å²) in [6.45, 7) is 0. The molecule has 0 aliphatic heterocycles. The molecular weight excluding hydrogens is 326 g/mol. The summed E-state index contributed by atoms with van der Waals surface area (Å²) < 4.78 is 0. The lowest BCUT2D eigenvalue weighted by Gasteiger charge is -2.34. The molecule has 0 aromatic heterocycles. The Balaban J connectivity index is 2.00. The molecule has 1 aromatic rings. The maximum Gasteiger partial charge on any atom is 0.286 e. The van der Waals surface area contributed by atoms with Crippen LogP contribution in [-0.2, 0) is 0 Å². The van der Waals surface area contributed by atoms with Crippen molar-refractivity contribution in [3.8, 4) is 11.8 Å². The molecule has 0 bridgehead atoms. The molecule has 2 aliphatic carbocycles. The number of hydrogen-bond acceptors (Lipinski definition) is 3. The zero-order chi connectivity index (χ0) is 17.2. The lowest BCUT2D eigenvalue weighted by atomic mass is 9.75. The van der Waals surface area contributed by atoms with Crippen molar-refractivity contribution in [3.05, 3.63) is 38.9 Å². The van der Waals surface area contributed by atoms with Crippen molar-refractivity contribution in [3.63, 3.8) is 0 Å². The van der Waals surface area contributed by atoms with Crippen molar-refractivity contribution in [2.75, 3.05) is 0 Å². The summed E-state index contributed by atoms with van der Waals surface area (Å²) in [7, 11) is 0. The van der Waals surface area contributed by atoms with Gasteiger partial charge in [0.05, 0.1) is 9.95 Å². The van der Waals surface area contributed by atoms with E-state index in [9.17, 15) is 15.2 Å². The summed E-state index contributed by atoms with van der Waals surface area (Å²) in [5.74, 6) is 6.26. The minimum Gasteiger partial charge on any atom is -0.377 e. The van der Waals surface area contributed by atoms with Crippen LogP contribution in [-0.4, -0.2) is 15.6 Å². The second-order valence-electron chi connectivity index (χ2n) is 6.93. The molecule has 2 fully saturated rings. The molecule has 0 saturated heterocycles. The van der Waals surface area contributed by atoms with Crippen molar-refractivity contribution >= 4 is 17.3 Å². The van der Waals surface area contributed by atoms with Crippen LogP contribution in [0.3, 0.4) is 0 Å². The van der Waals surface area contributed by atoms with Gasteiger partial charge in [0.15, 0.2) is 0 Å². The van der Waals surface area contributed by atoms with Gasteiger partial charge in [0, 0.05) is 6.07 Å². The number of halogens is 1. The molecule has 0 heterocycles. The Morgan fingerprint density at radius 3 is 2.17 bits per heavy atom. The number of nitro groups is 1. The third-order valence-corrected chi connectivity index (χ3v) is 5.85. The summed E-state index contributed by atoms with van der Waals surface area (Å²) in [5.41, 5.74) is -0.950. The lowest BCUT2D eigenvalue weighted by molar-refractivity contribution is -0.385. The van der Waals surface area contributed by atoms with Crippen LogP contribution in [0.2, 0.25) is 5.02 Å². The van der Waals surface area contributed by atoms with Crippen LogP contribution in [0.15, 0.2) is 18.2 Å². The predicted molar refractivity (Wildman–Crippen MR) is 93.9 cm³/mol. The van der Waals surface area contributed by atoms with Crippen LogP contribution in [0, 0.1) is 33.8 Å². The van der Waals surface area contributed by atoms with Crippen molar-refractivity contribution in [2.24, 2.45) is 11.8 Å². The van der Waals surface area contributed by atoms with Crippen LogP contribution >= 0.6 is 11.6 Å². The average Bonchev–Trinajstić information content (AvgIpc) is 3.26. The summed E-state index contributed by atoms with van der Waals surface area (Å²) in [6.07, 6.45) is 8.39. The molecule has 0 spiro atoms. The topological polar surface area (TPSA) is 63.4 Å². The van der Waals surface area contributed by atoms with E-state index < -0.39 is 10.5 Å². The number of hydrogen-bond donors (Lipinski definition) is 1. The Kier molecular flexibility index (Phi) is 5.12. The normalized spacial score (nSPS) is 19.2. The van der Waals surface area contributed by atoms with E-state index in [1.54, 1.807) is 12.1 Å². The number of nitrogens with zero attached hydrogens (tertiary/aromatic N) is 1. The Hall–Kier alpha value is -1.57. The molecular formula is C19H22ClNO3. The number of nitro benzene ring substituents is 1. The van der Waals surface area contributed by atoms with Gasteiger partial charge < -0.3 is 5.11 Å². The van der Waals surface area contributed by atoms with Gasteiger partial charge in [-0.1, -0.05) is 55.2 Å². The SMILES string of the molecule is O=[N+]([O-])c1cccc(Cl)c1C#CC(O)(C1CCCC1)C1CCCC1. The van der Waals surface area contributed by atoms with Crippen LogP contribution in [0.25, 0.3) is 0 Å². The largest absolute Gasteiger partial charge is 0.377 e. The van der Waals surface area contributed by atoms with Gasteiger partial charge in [-0.25, -0.2) is 0 Å². The highest BCUT2D eigenvalue weighted by atomic mass is 35.5. The fourth-order valence-corrected chi connectivity index (χ4v) is 4.44. The predicted octanol–water partition coefficient (Wildman–Crippen LogP) is 4.71. The number of rotatable bonds is 3. The molecule has 5 heteroatoms. The van der Waals surface area contributed by atoms with Gasteiger partial charge in [-0.15, -0.1) is 0 Å². The molecule has 1 aromatic carbocycles. The number of aliphatic hydroxyl groups is 1. The van der Waals surface area contributed by atoms with Crippen molar-refractivity contribution in [1.29, 1.82) is 0 Å². The Labute approximate surface area is 147 Å². The van der Waals surface area contributed by atoms with E-state index in [1.807, 2.05) is 0 Å². The zero-order valence-corrected chi connectivity index (χ0v) is 14.4. The Bertz CT molecular complexity index is 664. The maximum absolute atomic E-state index is 11.4. The quantitative estimate of drug-likeness (QED) is 0.489. The highest BCUT2D eigenvalue weighted by Gasteiger charge is 2.44. The first-order chi connectivity index (χ1) is 11.5. The van der Waals surface area contributed by atoms with Crippen molar-refractivity contribution in [2.45, 2.75) is 57.0 Å². The van der Waals surface area contributed by atoms with E-state index in [1.165, 1.54) is 6.07 Å². The Morgan fingerprint density at radius 2 is 1.67 bits per heavy atom. The molecule has 4 nitrogen and oxygen atoms in total. The minimum absolute atomic E-state index is 0.102. The van der Waals surface area contributed by atoms with E-state index in [0.29, 0.717) is 0 Å². The van der Waals surface area contributed by atoms with Crippen molar-refractivity contribution < 1.29 is 10.0 Å². The van der Waals surface area contributed by atoms with Gasteiger partial charge in [0.25, 0.3) is 5.69 Å². The fourth-order valence-electron chi connectivity index (χ4n) is 4.22. The third kappa shape index (κ3) is 3.29. The van der Waals surface area contributed by atoms with Crippen molar-refractivity contribution in [1.82, 2.24) is 0 Å². The van der Waals surface area contributed by atoms with E-state index >= 15 is 0 Å². The van der Waals surface area contributed by atoms with Crippen LogP contribution < -0.4 is 0 Å².